The first-order valence-corrected chi connectivity index (χ1v) is 6.22. The fourth-order valence-corrected chi connectivity index (χ4v) is 2.06. The summed E-state index contributed by atoms with van der Waals surface area (Å²) in [5.74, 6) is 0. The molecule has 2 nitrogen and oxygen atoms in total. The highest BCUT2D eigenvalue weighted by Crippen LogP contribution is 2.04. The number of hydrogen-bond donors (Lipinski definition) is 2. The highest BCUT2D eigenvalue weighted by atomic mass is 32.1. The van der Waals surface area contributed by atoms with Crippen molar-refractivity contribution in [3.05, 3.63) is 22.4 Å². The molecule has 1 rings (SSSR count). The van der Waals surface area contributed by atoms with Crippen LogP contribution in [0.3, 0.4) is 0 Å². The Labute approximate surface area is 90.7 Å². The minimum absolute atomic E-state index is 0.620. The topological polar surface area (TPSA) is 24.1 Å². The summed E-state index contributed by atoms with van der Waals surface area (Å²) in [4.78, 5) is 0. The third-order valence-corrected chi connectivity index (χ3v) is 2.95. The van der Waals surface area contributed by atoms with E-state index in [9.17, 15) is 0 Å². The maximum atomic E-state index is 3.44. The van der Waals surface area contributed by atoms with Crippen molar-refractivity contribution in [2.45, 2.75) is 32.9 Å². The average Bonchev–Trinajstić information content (AvgIpc) is 2.65. The molecular formula is C11H20N2S. The van der Waals surface area contributed by atoms with Gasteiger partial charge in [-0.1, -0.05) is 6.92 Å². The van der Waals surface area contributed by atoms with Crippen LogP contribution in [0.5, 0.6) is 0 Å². The van der Waals surface area contributed by atoms with E-state index in [4.69, 9.17) is 0 Å². The molecule has 0 saturated carbocycles. The Kier molecular flexibility index (Phi) is 5.83. The Morgan fingerprint density at radius 3 is 3.00 bits per heavy atom. The molecule has 0 spiro atoms. The van der Waals surface area contributed by atoms with Gasteiger partial charge in [-0.3, -0.25) is 0 Å². The van der Waals surface area contributed by atoms with Crippen LogP contribution < -0.4 is 10.6 Å². The lowest BCUT2D eigenvalue weighted by Crippen LogP contribution is -2.29. The van der Waals surface area contributed by atoms with Crippen LogP contribution in [0, 0.1) is 0 Å². The van der Waals surface area contributed by atoms with Crippen molar-refractivity contribution in [1.82, 2.24) is 10.6 Å². The van der Waals surface area contributed by atoms with Gasteiger partial charge in [0.1, 0.15) is 0 Å². The summed E-state index contributed by atoms with van der Waals surface area (Å²) in [5.41, 5.74) is 1.39. The van der Waals surface area contributed by atoms with Gasteiger partial charge >= 0.3 is 0 Å². The SMILES string of the molecule is CCNC(C)CCNCc1ccsc1. The summed E-state index contributed by atoms with van der Waals surface area (Å²) in [6.07, 6.45) is 1.19. The van der Waals surface area contributed by atoms with Gasteiger partial charge in [0.15, 0.2) is 0 Å². The van der Waals surface area contributed by atoms with Crippen LogP contribution in [0.2, 0.25) is 0 Å². The molecule has 1 unspecified atom stereocenters. The van der Waals surface area contributed by atoms with Crippen molar-refractivity contribution in [1.29, 1.82) is 0 Å². The van der Waals surface area contributed by atoms with Crippen LogP contribution in [0.15, 0.2) is 16.8 Å². The summed E-state index contributed by atoms with van der Waals surface area (Å²) < 4.78 is 0. The van der Waals surface area contributed by atoms with Gasteiger partial charge in [0.05, 0.1) is 0 Å². The summed E-state index contributed by atoms with van der Waals surface area (Å²) in [5, 5.41) is 11.2. The molecule has 0 aliphatic rings. The molecule has 1 aromatic rings. The third-order valence-electron chi connectivity index (χ3n) is 2.22. The molecule has 0 radical (unpaired) electrons. The fraction of sp³-hybridized carbons (Fsp3) is 0.636. The monoisotopic (exact) mass is 212 g/mol. The van der Waals surface area contributed by atoms with Gasteiger partial charge in [0, 0.05) is 12.6 Å². The van der Waals surface area contributed by atoms with Gasteiger partial charge in [-0.15, -0.1) is 0 Å². The van der Waals surface area contributed by atoms with Crippen LogP contribution in [-0.4, -0.2) is 19.1 Å². The number of hydrogen-bond acceptors (Lipinski definition) is 3. The van der Waals surface area contributed by atoms with E-state index in [0.717, 1.165) is 19.6 Å². The van der Waals surface area contributed by atoms with Gasteiger partial charge in [0.2, 0.25) is 0 Å². The third kappa shape index (κ3) is 4.74. The van der Waals surface area contributed by atoms with Crippen LogP contribution in [0.1, 0.15) is 25.8 Å². The molecule has 0 saturated heterocycles. The van der Waals surface area contributed by atoms with E-state index in [2.05, 4.69) is 41.3 Å². The fourth-order valence-electron chi connectivity index (χ4n) is 1.40. The Bertz CT molecular complexity index is 221. The van der Waals surface area contributed by atoms with Crippen LogP contribution in [-0.2, 0) is 6.54 Å². The van der Waals surface area contributed by atoms with Gasteiger partial charge in [0.25, 0.3) is 0 Å². The maximum absolute atomic E-state index is 3.44. The second-order valence-electron chi connectivity index (χ2n) is 3.56. The van der Waals surface area contributed by atoms with E-state index in [-0.39, 0.29) is 0 Å². The van der Waals surface area contributed by atoms with E-state index < -0.39 is 0 Å². The quantitative estimate of drug-likeness (QED) is 0.677. The highest BCUT2D eigenvalue weighted by molar-refractivity contribution is 7.07. The van der Waals surface area contributed by atoms with Crippen LogP contribution >= 0.6 is 11.3 Å². The highest BCUT2D eigenvalue weighted by Gasteiger charge is 1.98. The molecule has 1 aromatic heterocycles. The Morgan fingerprint density at radius 1 is 1.50 bits per heavy atom. The molecule has 3 heteroatoms. The van der Waals surface area contributed by atoms with Crippen molar-refractivity contribution in [3.8, 4) is 0 Å². The van der Waals surface area contributed by atoms with Crippen molar-refractivity contribution in [2.75, 3.05) is 13.1 Å². The maximum Gasteiger partial charge on any atom is 0.0213 e. The zero-order chi connectivity index (χ0) is 10.2. The molecule has 0 amide bonds. The van der Waals surface area contributed by atoms with Crippen molar-refractivity contribution in [2.24, 2.45) is 0 Å². The van der Waals surface area contributed by atoms with E-state index in [0.29, 0.717) is 6.04 Å². The molecule has 1 atom stereocenters. The molecule has 14 heavy (non-hydrogen) atoms. The molecule has 80 valence electrons. The van der Waals surface area contributed by atoms with E-state index in [1.54, 1.807) is 11.3 Å². The molecule has 0 aliphatic carbocycles. The van der Waals surface area contributed by atoms with E-state index in [1.807, 2.05) is 0 Å². The molecule has 1 heterocycles. The molecule has 0 fully saturated rings. The first-order chi connectivity index (χ1) is 6.83. The standard InChI is InChI=1S/C11H20N2S/c1-3-13-10(2)4-6-12-8-11-5-7-14-9-11/h5,7,9-10,12-13H,3-4,6,8H2,1-2H3. The lowest BCUT2D eigenvalue weighted by atomic mass is 10.2. The normalized spacial score (nSPS) is 13.0. The first-order valence-electron chi connectivity index (χ1n) is 5.28. The largest absolute Gasteiger partial charge is 0.314 e. The number of nitrogens with one attached hydrogen (secondary N) is 2. The zero-order valence-electron chi connectivity index (χ0n) is 9.05. The molecule has 0 aromatic carbocycles. The molecule has 2 N–H and O–H groups in total. The van der Waals surface area contributed by atoms with Gasteiger partial charge < -0.3 is 10.6 Å². The lowest BCUT2D eigenvalue weighted by Gasteiger charge is -2.12. The number of rotatable bonds is 7. The Hall–Kier alpha value is -0.380. The Balaban J connectivity index is 1.99. The predicted molar refractivity (Wildman–Crippen MR) is 63.8 cm³/mol. The minimum Gasteiger partial charge on any atom is -0.314 e. The summed E-state index contributed by atoms with van der Waals surface area (Å²) in [7, 11) is 0. The van der Waals surface area contributed by atoms with E-state index >= 15 is 0 Å². The van der Waals surface area contributed by atoms with E-state index in [1.165, 1.54) is 12.0 Å². The minimum atomic E-state index is 0.620. The van der Waals surface area contributed by atoms with Crippen molar-refractivity contribution >= 4 is 11.3 Å². The zero-order valence-corrected chi connectivity index (χ0v) is 9.86. The smallest absolute Gasteiger partial charge is 0.0213 e. The van der Waals surface area contributed by atoms with Crippen LogP contribution in [0.4, 0.5) is 0 Å². The number of thiophene rings is 1. The first kappa shape index (κ1) is 11.7. The molecule has 0 aliphatic heterocycles. The molecular weight excluding hydrogens is 192 g/mol. The van der Waals surface area contributed by atoms with Gasteiger partial charge in [-0.25, -0.2) is 0 Å². The average molecular weight is 212 g/mol. The summed E-state index contributed by atoms with van der Waals surface area (Å²) in [6.45, 7) is 7.53. The summed E-state index contributed by atoms with van der Waals surface area (Å²) >= 11 is 1.76. The predicted octanol–water partition coefficient (Wildman–Crippen LogP) is 2.23. The van der Waals surface area contributed by atoms with Gasteiger partial charge in [-0.05, 0) is 48.8 Å². The van der Waals surface area contributed by atoms with Crippen molar-refractivity contribution < 1.29 is 0 Å². The lowest BCUT2D eigenvalue weighted by molar-refractivity contribution is 0.504. The van der Waals surface area contributed by atoms with Crippen LogP contribution in [0.25, 0.3) is 0 Å². The summed E-state index contributed by atoms with van der Waals surface area (Å²) in [6, 6.07) is 2.79. The van der Waals surface area contributed by atoms with Gasteiger partial charge in [-0.2, -0.15) is 11.3 Å². The second-order valence-corrected chi connectivity index (χ2v) is 4.34. The van der Waals surface area contributed by atoms with Crippen molar-refractivity contribution in [3.63, 3.8) is 0 Å². The Morgan fingerprint density at radius 2 is 2.36 bits per heavy atom. The molecule has 0 bridgehead atoms. The second kappa shape index (κ2) is 6.98.